The monoisotopic (exact) mass is 238 g/mol. The van der Waals surface area contributed by atoms with E-state index in [0.29, 0.717) is 0 Å². The molecule has 2 heteroatoms. The van der Waals surface area contributed by atoms with Crippen LogP contribution in [0.3, 0.4) is 0 Å². The average Bonchev–Trinajstić information content (AvgIpc) is 1.85. The number of halogens is 1. The molecule has 0 spiro atoms. The number of terminal acetylenes is 1. The Hall–Kier alpha value is 0.250. The van der Waals surface area contributed by atoms with Crippen molar-refractivity contribution in [3.05, 3.63) is 0 Å². The summed E-state index contributed by atoms with van der Waals surface area (Å²) in [6, 6.07) is 0. The van der Waals surface area contributed by atoms with E-state index in [2.05, 4.69) is 21.0 Å². The van der Waals surface area contributed by atoms with Crippen LogP contribution in [0.4, 0.5) is 0 Å². The molecule has 0 saturated carbocycles. The summed E-state index contributed by atoms with van der Waals surface area (Å²) in [6.45, 7) is 3.37. The van der Waals surface area contributed by atoms with Gasteiger partial charge in [-0.2, -0.15) is 0 Å². The van der Waals surface area contributed by atoms with Gasteiger partial charge < -0.3 is 0 Å². The number of unbranched alkanes of at least 4 members (excludes halogenated alkanes) is 1. The van der Waals surface area contributed by atoms with Gasteiger partial charge in [0.1, 0.15) is 0 Å². The molecule has 0 aromatic rings. The number of rotatable bonds is 4. The quantitative estimate of drug-likeness (QED) is 0.321. The summed E-state index contributed by atoms with van der Waals surface area (Å²) >= 11 is -0.0862. The molecular formula is C7H13IN-. The molecule has 0 atom stereocenters. The Kier molecular flexibility index (Phi) is 6.55. The van der Waals surface area contributed by atoms with Crippen LogP contribution < -0.4 is 21.5 Å². The summed E-state index contributed by atoms with van der Waals surface area (Å²) in [4.78, 5) is 0. The zero-order chi connectivity index (χ0) is 7.11. The van der Waals surface area contributed by atoms with Crippen molar-refractivity contribution in [1.82, 2.24) is 3.11 Å². The van der Waals surface area contributed by atoms with Gasteiger partial charge in [-0.25, -0.2) is 0 Å². The Bertz CT molecular complexity index is 95.6. The normalized spacial score (nSPS) is 10.0. The van der Waals surface area contributed by atoms with E-state index in [1.165, 1.54) is 19.4 Å². The Balaban J connectivity index is 3.08. The topological polar surface area (TPSA) is 3.24 Å². The van der Waals surface area contributed by atoms with E-state index in [4.69, 9.17) is 6.42 Å². The van der Waals surface area contributed by atoms with Gasteiger partial charge in [0.05, 0.1) is 0 Å². The first kappa shape index (κ1) is 9.25. The summed E-state index contributed by atoms with van der Waals surface area (Å²) in [5.74, 6) is 0. The van der Waals surface area contributed by atoms with Gasteiger partial charge in [-0.05, 0) is 0 Å². The molecule has 0 aliphatic rings. The van der Waals surface area contributed by atoms with Gasteiger partial charge in [-0.3, -0.25) is 0 Å². The number of hydrogen-bond acceptors (Lipinski definition) is 1. The van der Waals surface area contributed by atoms with E-state index < -0.39 is 0 Å². The van der Waals surface area contributed by atoms with Crippen LogP contribution in [0.15, 0.2) is 0 Å². The molecular weight excluding hydrogens is 225 g/mol. The van der Waals surface area contributed by atoms with Crippen molar-refractivity contribution in [3.8, 4) is 10.4 Å². The van der Waals surface area contributed by atoms with Crippen LogP contribution in [0.25, 0.3) is 0 Å². The Morgan fingerprint density at radius 3 is 2.78 bits per heavy atom. The molecule has 0 saturated heterocycles. The molecule has 0 amide bonds. The fraction of sp³-hybridized carbons (Fsp3) is 0.714. The third-order valence-corrected chi connectivity index (χ3v) is 2.60. The van der Waals surface area contributed by atoms with Crippen LogP contribution in [0.5, 0.6) is 0 Å². The third-order valence-electron chi connectivity index (χ3n) is 1.01. The van der Waals surface area contributed by atoms with Gasteiger partial charge >= 0.3 is 68.3 Å². The maximum absolute atomic E-state index is 5.16. The summed E-state index contributed by atoms with van der Waals surface area (Å²) in [5.41, 5.74) is 0. The molecule has 0 heterocycles. The molecule has 0 N–H and O–H groups in total. The fourth-order valence-electron chi connectivity index (χ4n) is 0.502. The fourth-order valence-corrected chi connectivity index (χ4v) is 1.56. The van der Waals surface area contributed by atoms with Gasteiger partial charge in [0.25, 0.3) is 0 Å². The molecule has 0 aliphatic carbocycles. The van der Waals surface area contributed by atoms with Gasteiger partial charge in [-0.1, -0.05) is 0 Å². The summed E-state index contributed by atoms with van der Waals surface area (Å²) in [6.07, 6.45) is 7.70. The predicted octanol–water partition coefficient (Wildman–Crippen LogP) is -1.69. The molecule has 0 aromatic heterocycles. The molecule has 0 radical (unpaired) electrons. The van der Waals surface area contributed by atoms with Crippen molar-refractivity contribution < 1.29 is 21.5 Å². The SMILES string of the molecule is C#C[I-]N(C)CCCC. The Morgan fingerprint density at radius 2 is 2.33 bits per heavy atom. The first-order valence-corrected chi connectivity index (χ1v) is 5.16. The van der Waals surface area contributed by atoms with Gasteiger partial charge in [0.2, 0.25) is 0 Å². The molecule has 1 nitrogen and oxygen atoms in total. The zero-order valence-electron chi connectivity index (χ0n) is 6.02. The van der Waals surface area contributed by atoms with Gasteiger partial charge in [0, 0.05) is 0 Å². The Morgan fingerprint density at radius 1 is 1.67 bits per heavy atom. The van der Waals surface area contributed by atoms with Crippen LogP contribution in [0.1, 0.15) is 19.8 Å². The summed E-state index contributed by atoms with van der Waals surface area (Å²) < 4.78 is 4.98. The van der Waals surface area contributed by atoms with Crippen molar-refractivity contribution in [3.63, 3.8) is 0 Å². The van der Waals surface area contributed by atoms with Crippen LogP contribution in [0, 0.1) is 10.4 Å². The van der Waals surface area contributed by atoms with E-state index in [0.717, 1.165) is 0 Å². The van der Waals surface area contributed by atoms with E-state index >= 15 is 0 Å². The maximum atomic E-state index is 5.16. The number of nitrogens with zero attached hydrogens (tertiary/aromatic N) is 1. The van der Waals surface area contributed by atoms with E-state index in [1.54, 1.807) is 0 Å². The summed E-state index contributed by atoms with van der Waals surface area (Å²) in [7, 11) is 2.10. The van der Waals surface area contributed by atoms with Crippen molar-refractivity contribution in [2.75, 3.05) is 13.6 Å². The van der Waals surface area contributed by atoms with Crippen LogP contribution in [-0.2, 0) is 0 Å². The van der Waals surface area contributed by atoms with E-state index in [-0.39, 0.29) is 21.5 Å². The third kappa shape index (κ3) is 6.13. The standard InChI is InChI=1S/C7H13IN/c1-4-6-7-9(3)8-5-2/h2H,4,6-7H2,1,3H3/q-1. The molecule has 0 aromatic carbocycles. The van der Waals surface area contributed by atoms with E-state index in [1.807, 2.05) is 0 Å². The predicted molar refractivity (Wildman–Crippen MR) is 36.4 cm³/mol. The first-order chi connectivity index (χ1) is 4.31. The molecule has 0 rings (SSSR count). The average molecular weight is 238 g/mol. The molecule has 0 fully saturated rings. The summed E-state index contributed by atoms with van der Waals surface area (Å²) in [5, 5.41) is 0. The van der Waals surface area contributed by atoms with Crippen molar-refractivity contribution in [1.29, 1.82) is 0 Å². The van der Waals surface area contributed by atoms with Crippen molar-refractivity contribution in [2.45, 2.75) is 19.8 Å². The van der Waals surface area contributed by atoms with Crippen molar-refractivity contribution in [2.24, 2.45) is 0 Å². The molecule has 54 valence electrons. The molecule has 0 aliphatic heterocycles. The van der Waals surface area contributed by atoms with Crippen molar-refractivity contribution >= 4 is 0 Å². The molecule has 0 bridgehead atoms. The zero-order valence-corrected chi connectivity index (χ0v) is 8.18. The van der Waals surface area contributed by atoms with Gasteiger partial charge in [0.15, 0.2) is 0 Å². The van der Waals surface area contributed by atoms with Gasteiger partial charge in [-0.15, -0.1) is 0 Å². The first-order valence-electron chi connectivity index (χ1n) is 3.12. The Labute approximate surface area is 68.4 Å². The molecule has 9 heavy (non-hydrogen) atoms. The van der Waals surface area contributed by atoms with Crippen LogP contribution >= 0.6 is 0 Å². The van der Waals surface area contributed by atoms with Crippen LogP contribution in [0.2, 0.25) is 0 Å². The second-order valence-corrected chi connectivity index (χ2v) is 4.63. The van der Waals surface area contributed by atoms with Crippen LogP contribution in [-0.4, -0.2) is 16.7 Å². The van der Waals surface area contributed by atoms with E-state index in [9.17, 15) is 0 Å². The minimum atomic E-state index is -0.0862. The second kappa shape index (κ2) is 6.37. The second-order valence-electron chi connectivity index (χ2n) is 1.88. The minimum absolute atomic E-state index is 0.0862. The number of hydrogen-bond donors (Lipinski definition) is 0. The molecule has 0 unspecified atom stereocenters.